The zero-order valence-corrected chi connectivity index (χ0v) is 14.8. The number of fused-ring (bicyclic) bond motifs is 1. The van der Waals surface area contributed by atoms with Crippen molar-refractivity contribution in [3.63, 3.8) is 0 Å². The van der Waals surface area contributed by atoms with Gasteiger partial charge in [-0.25, -0.2) is 0 Å². The number of hydrogen-bond donors (Lipinski definition) is 1. The lowest BCUT2D eigenvalue weighted by molar-refractivity contribution is 0.782. The second-order valence-electron chi connectivity index (χ2n) is 7.15. The van der Waals surface area contributed by atoms with Gasteiger partial charge in [-0.2, -0.15) is 5.10 Å². The molecule has 3 nitrogen and oxygen atoms in total. The molecule has 3 heteroatoms. The van der Waals surface area contributed by atoms with Crippen LogP contribution in [-0.2, 0) is 12.8 Å². The Hall–Kier alpha value is -2.42. The highest BCUT2D eigenvalue weighted by atomic mass is 15.2. The zero-order valence-electron chi connectivity index (χ0n) is 14.8. The maximum atomic E-state index is 4.55. The summed E-state index contributed by atoms with van der Waals surface area (Å²) >= 11 is 0. The van der Waals surface area contributed by atoms with E-state index in [0.717, 1.165) is 43.2 Å². The van der Waals surface area contributed by atoms with Crippen molar-refractivity contribution in [1.29, 1.82) is 0 Å². The van der Waals surface area contributed by atoms with E-state index in [-0.39, 0.29) is 0 Å². The van der Waals surface area contributed by atoms with Gasteiger partial charge in [0.1, 0.15) is 0 Å². The summed E-state index contributed by atoms with van der Waals surface area (Å²) in [6.07, 6.45) is 5.83. The topological polar surface area (TPSA) is 37.8 Å². The summed E-state index contributed by atoms with van der Waals surface area (Å²) < 4.78 is 0. The molecule has 4 rings (SSSR count). The Morgan fingerprint density at radius 3 is 2.48 bits per heavy atom. The number of aryl methyl sites for hydroxylation is 3. The molecule has 1 fully saturated rings. The van der Waals surface area contributed by atoms with Gasteiger partial charge < -0.3 is 5.32 Å². The molecule has 0 unspecified atom stereocenters. The summed E-state index contributed by atoms with van der Waals surface area (Å²) in [5.74, 6) is 1.76. The standard InChI is InChI=1S/C22H25N3/c1-16-7-2-3-8-18(16)9-6-12-21-19-10-4-5-11-20(19)22(25-24-21)23-15-17-13-14-17/h2-5,7-8,10-11,17H,6,9,12-15H2,1H3,(H,23,25). The first kappa shape index (κ1) is 16.1. The molecule has 2 aromatic carbocycles. The van der Waals surface area contributed by atoms with Crippen molar-refractivity contribution in [2.45, 2.75) is 39.0 Å². The van der Waals surface area contributed by atoms with Gasteiger partial charge in [0.05, 0.1) is 5.69 Å². The van der Waals surface area contributed by atoms with Crippen LogP contribution in [-0.4, -0.2) is 16.7 Å². The van der Waals surface area contributed by atoms with Crippen LogP contribution in [0.2, 0.25) is 0 Å². The van der Waals surface area contributed by atoms with Gasteiger partial charge in [0.15, 0.2) is 5.82 Å². The summed E-state index contributed by atoms with van der Waals surface area (Å²) in [5, 5.41) is 15.0. The lowest BCUT2D eigenvalue weighted by Crippen LogP contribution is -2.08. The van der Waals surface area contributed by atoms with Crippen molar-refractivity contribution in [3.05, 3.63) is 65.4 Å². The molecule has 1 aliphatic rings. The molecule has 128 valence electrons. The number of aromatic nitrogens is 2. The van der Waals surface area contributed by atoms with Crippen LogP contribution in [0.5, 0.6) is 0 Å². The highest BCUT2D eigenvalue weighted by molar-refractivity contribution is 5.93. The normalized spacial score (nSPS) is 14.0. The van der Waals surface area contributed by atoms with Gasteiger partial charge in [0.2, 0.25) is 0 Å². The van der Waals surface area contributed by atoms with Crippen molar-refractivity contribution >= 4 is 16.6 Å². The van der Waals surface area contributed by atoms with Crippen LogP contribution in [0.1, 0.15) is 36.1 Å². The predicted molar refractivity (Wildman–Crippen MR) is 104 cm³/mol. The molecule has 0 saturated heterocycles. The molecular weight excluding hydrogens is 306 g/mol. The fourth-order valence-electron chi connectivity index (χ4n) is 3.37. The average molecular weight is 331 g/mol. The Morgan fingerprint density at radius 2 is 1.68 bits per heavy atom. The Labute approximate surface area is 149 Å². The lowest BCUT2D eigenvalue weighted by atomic mass is 10.0. The SMILES string of the molecule is Cc1ccccc1CCCc1nnc(NCC2CC2)c2ccccc12. The van der Waals surface area contributed by atoms with E-state index < -0.39 is 0 Å². The number of nitrogens with zero attached hydrogens (tertiary/aromatic N) is 2. The quantitative estimate of drug-likeness (QED) is 0.666. The van der Waals surface area contributed by atoms with Crippen molar-refractivity contribution in [2.24, 2.45) is 5.92 Å². The molecule has 3 aromatic rings. The molecule has 0 bridgehead atoms. The Balaban J connectivity index is 1.49. The van der Waals surface area contributed by atoms with E-state index in [2.05, 4.69) is 71.0 Å². The van der Waals surface area contributed by atoms with Crippen LogP contribution >= 0.6 is 0 Å². The third-order valence-electron chi connectivity index (χ3n) is 5.14. The van der Waals surface area contributed by atoms with E-state index in [1.807, 2.05) is 0 Å². The van der Waals surface area contributed by atoms with Crippen molar-refractivity contribution in [1.82, 2.24) is 10.2 Å². The van der Waals surface area contributed by atoms with Crippen LogP contribution in [0.4, 0.5) is 5.82 Å². The molecule has 0 spiro atoms. The van der Waals surface area contributed by atoms with Gasteiger partial charge in [-0.1, -0.05) is 48.5 Å². The van der Waals surface area contributed by atoms with Crippen molar-refractivity contribution in [2.75, 3.05) is 11.9 Å². The number of hydrogen-bond acceptors (Lipinski definition) is 3. The number of benzene rings is 2. The van der Waals surface area contributed by atoms with Crippen LogP contribution in [0, 0.1) is 12.8 Å². The monoisotopic (exact) mass is 331 g/mol. The third kappa shape index (κ3) is 3.81. The average Bonchev–Trinajstić information content (AvgIpc) is 3.47. The minimum atomic E-state index is 0.828. The first-order valence-electron chi connectivity index (χ1n) is 9.34. The fraction of sp³-hybridized carbons (Fsp3) is 0.364. The Bertz CT molecular complexity index is 868. The number of nitrogens with one attached hydrogen (secondary N) is 1. The van der Waals surface area contributed by atoms with Gasteiger partial charge in [0.25, 0.3) is 0 Å². The molecule has 0 radical (unpaired) electrons. The highest BCUT2D eigenvalue weighted by Crippen LogP contribution is 2.30. The third-order valence-corrected chi connectivity index (χ3v) is 5.14. The van der Waals surface area contributed by atoms with Gasteiger partial charge in [0, 0.05) is 17.3 Å². The molecule has 0 amide bonds. The predicted octanol–water partition coefficient (Wildman–Crippen LogP) is 4.94. The molecule has 25 heavy (non-hydrogen) atoms. The molecule has 1 aliphatic carbocycles. The summed E-state index contributed by atoms with van der Waals surface area (Å²) in [6, 6.07) is 17.2. The Kier molecular flexibility index (Phi) is 4.64. The number of anilines is 1. The minimum absolute atomic E-state index is 0.828. The van der Waals surface area contributed by atoms with Crippen LogP contribution in [0.25, 0.3) is 10.8 Å². The Morgan fingerprint density at radius 1 is 0.920 bits per heavy atom. The fourth-order valence-corrected chi connectivity index (χ4v) is 3.37. The molecule has 1 aromatic heterocycles. The van der Waals surface area contributed by atoms with Gasteiger partial charge in [-0.05, 0) is 56.1 Å². The maximum Gasteiger partial charge on any atom is 0.156 e. The van der Waals surface area contributed by atoms with E-state index >= 15 is 0 Å². The molecule has 1 saturated carbocycles. The van der Waals surface area contributed by atoms with E-state index in [1.165, 1.54) is 34.7 Å². The van der Waals surface area contributed by atoms with Crippen LogP contribution in [0.15, 0.2) is 48.5 Å². The van der Waals surface area contributed by atoms with Crippen molar-refractivity contribution in [3.8, 4) is 0 Å². The second kappa shape index (κ2) is 7.22. The number of rotatable bonds is 7. The molecule has 0 aliphatic heterocycles. The van der Waals surface area contributed by atoms with Gasteiger partial charge >= 0.3 is 0 Å². The summed E-state index contributed by atoms with van der Waals surface area (Å²) in [7, 11) is 0. The van der Waals surface area contributed by atoms with Crippen molar-refractivity contribution < 1.29 is 0 Å². The highest BCUT2D eigenvalue weighted by Gasteiger charge is 2.21. The van der Waals surface area contributed by atoms with E-state index in [9.17, 15) is 0 Å². The second-order valence-corrected chi connectivity index (χ2v) is 7.15. The first-order chi connectivity index (χ1) is 12.3. The summed E-state index contributed by atoms with van der Waals surface area (Å²) in [6.45, 7) is 3.20. The molecule has 1 N–H and O–H groups in total. The maximum absolute atomic E-state index is 4.55. The molecule has 0 atom stereocenters. The summed E-state index contributed by atoms with van der Waals surface area (Å²) in [5.41, 5.74) is 3.92. The van der Waals surface area contributed by atoms with Crippen LogP contribution in [0.3, 0.4) is 0 Å². The smallest absolute Gasteiger partial charge is 0.156 e. The molecule has 1 heterocycles. The van der Waals surface area contributed by atoms with Crippen LogP contribution < -0.4 is 5.32 Å². The van der Waals surface area contributed by atoms with E-state index in [4.69, 9.17) is 0 Å². The van der Waals surface area contributed by atoms with E-state index in [0.29, 0.717) is 0 Å². The van der Waals surface area contributed by atoms with Gasteiger partial charge in [-0.3, -0.25) is 0 Å². The molecular formula is C22H25N3. The lowest BCUT2D eigenvalue weighted by Gasteiger charge is -2.11. The minimum Gasteiger partial charge on any atom is -0.368 e. The largest absolute Gasteiger partial charge is 0.368 e. The zero-order chi connectivity index (χ0) is 17.1. The first-order valence-corrected chi connectivity index (χ1v) is 9.34. The van der Waals surface area contributed by atoms with Gasteiger partial charge in [-0.15, -0.1) is 5.10 Å². The van der Waals surface area contributed by atoms with E-state index in [1.54, 1.807) is 0 Å². The summed E-state index contributed by atoms with van der Waals surface area (Å²) in [4.78, 5) is 0.